The summed E-state index contributed by atoms with van der Waals surface area (Å²) in [5.41, 5.74) is 2.48. The van der Waals surface area contributed by atoms with Crippen molar-refractivity contribution >= 4 is 0 Å². The highest BCUT2D eigenvalue weighted by Crippen LogP contribution is 2.44. The van der Waals surface area contributed by atoms with Crippen LogP contribution in [0.1, 0.15) is 25.3 Å². The number of aromatic hydroxyl groups is 1. The molecule has 0 saturated heterocycles. The normalized spacial score (nSPS) is 10.4. The second-order valence-corrected chi connectivity index (χ2v) is 4.95. The highest BCUT2D eigenvalue weighted by molar-refractivity contribution is 5.82. The second kappa shape index (κ2) is 7.02. The first-order chi connectivity index (χ1) is 10.2. The third kappa shape index (κ3) is 3.13. The zero-order valence-electron chi connectivity index (χ0n) is 12.8. The van der Waals surface area contributed by atoms with Crippen molar-refractivity contribution in [3.63, 3.8) is 0 Å². The van der Waals surface area contributed by atoms with E-state index in [1.165, 1.54) is 0 Å². The van der Waals surface area contributed by atoms with Gasteiger partial charge in [-0.05, 0) is 30.5 Å². The van der Waals surface area contributed by atoms with E-state index in [4.69, 9.17) is 9.47 Å². The summed E-state index contributed by atoms with van der Waals surface area (Å²) in [4.78, 5) is 0. The van der Waals surface area contributed by atoms with Gasteiger partial charge in [-0.1, -0.05) is 37.6 Å². The van der Waals surface area contributed by atoms with Gasteiger partial charge in [0.1, 0.15) is 17.2 Å². The van der Waals surface area contributed by atoms with Gasteiger partial charge in [0.25, 0.3) is 0 Å². The van der Waals surface area contributed by atoms with E-state index >= 15 is 0 Å². The standard InChI is InChI=1S/C18H22O3/c1-4-5-8-13-11-12-16(21-3)17(18(13)19)14-9-6-7-10-15(14)20-2/h6-7,9-12,19H,4-5,8H2,1-3H3. The Bertz CT molecular complexity index is 605. The Morgan fingerprint density at radius 3 is 2.33 bits per heavy atom. The van der Waals surface area contributed by atoms with E-state index in [1.54, 1.807) is 14.2 Å². The molecule has 3 heteroatoms. The fourth-order valence-corrected chi connectivity index (χ4v) is 2.47. The molecule has 0 aromatic heterocycles. The molecule has 0 radical (unpaired) electrons. The third-order valence-corrected chi connectivity index (χ3v) is 3.62. The van der Waals surface area contributed by atoms with Crippen molar-refractivity contribution in [3.05, 3.63) is 42.0 Å². The van der Waals surface area contributed by atoms with E-state index in [0.717, 1.165) is 36.1 Å². The zero-order chi connectivity index (χ0) is 15.2. The molecule has 0 aliphatic heterocycles. The van der Waals surface area contributed by atoms with Crippen LogP contribution in [0.2, 0.25) is 0 Å². The number of methoxy groups -OCH3 is 2. The molecule has 2 rings (SSSR count). The number of hydrogen-bond donors (Lipinski definition) is 1. The Balaban J connectivity index is 2.59. The second-order valence-electron chi connectivity index (χ2n) is 4.95. The molecule has 0 aliphatic carbocycles. The molecular weight excluding hydrogens is 264 g/mol. The van der Waals surface area contributed by atoms with Crippen molar-refractivity contribution in [3.8, 4) is 28.4 Å². The molecule has 2 aromatic carbocycles. The van der Waals surface area contributed by atoms with E-state index in [1.807, 2.05) is 36.4 Å². The summed E-state index contributed by atoms with van der Waals surface area (Å²) in [5, 5.41) is 10.7. The smallest absolute Gasteiger partial charge is 0.130 e. The molecule has 0 aliphatic rings. The first-order valence-corrected chi connectivity index (χ1v) is 7.25. The fourth-order valence-electron chi connectivity index (χ4n) is 2.47. The van der Waals surface area contributed by atoms with Crippen LogP contribution in [0.3, 0.4) is 0 Å². The van der Waals surface area contributed by atoms with Crippen molar-refractivity contribution in [2.45, 2.75) is 26.2 Å². The summed E-state index contributed by atoms with van der Waals surface area (Å²) in [6.45, 7) is 2.14. The maximum absolute atomic E-state index is 10.7. The lowest BCUT2D eigenvalue weighted by atomic mass is 9.97. The molecule has 0 amide bonds. The van der Waals surface area contributed by atoms with Gasteiger partial charge >= 0.3 is 0 Å². The molecule has 2 aromatic rings. The molecule has 0 spiro atoms. The predicted octanol–water partition coefficient (Wildman–Crippen LogP) is 4.42. The van der Waals surface area contributed by atoms with Crippen LogP contribution in [-0.2, 0) is 6.42 Å². The maximum atomic E-state index is 10.7. The average Bonchev–Trinajstić information content (AvgIpc) is 2.53. The summed E-state index contributed by atoms with van der Waals surface area (Å²) in [6.07, 6.45) is 3.00. The largest absolute Gasteiger partial charge is 0.507 e. The van der Waals surface area contributed by atoms with Crippen LogP contribution in [-0.4, -0.2) is 19.3 Å². The van der Waals surface area contributed by atoms with Crippen molar-refractivity contribution in [2.75, 3.05) is 14.2 Å². The van der Waals surface area contributed by atoms with Gasteiger partial charge in [0.15, 0.2) is 0 Å². The van der Waals surface area contributed by atoms with Crippen molar-refractivity contribution in [1.29, 1.82) is 0 Å². The number of hydrogen-bond acceptors (Lipinski definition) is 3. The predicted molar refractivity (Wildman–Crippen MR) is 85.3 cm³/mol. The van der Waals surface area contributed by atoms with Crippen molar-refractivity contribution < 1.29 is 14.6 Å². The van der Waals surface area contributed by atoms with Crippen molar-refractivity contribution in [1.82, 2.24) is 0 Å². The first-order valence-electron chi connectivity index (χ1n) is 7.25. The Morgan fingerprint density at radius 1 is 0.952 bits per heavy atom. The first kappa shape index (κ1) is 15.2. The number of aryl methyl sites for hydroxylation is 1. The van der Waals surface area contributed by atoms with Crippen LogP contribution in [0.25, 0.3) is 11.1 Å². The number of benzene rings is 2. The number of phenolic OH excluding ortho intramolecular Hbond substituents is 1. The zero-order valence-corrected chi connectivity index (χ0v) is 12.8. The van der Waals surface area contributed by atoms with E-state index in [-0.39, 0.29) is 5.75 Å². The van der Waals surface area contributed by atoms with Crippen LogP contribution in [0.4, 0.5) is 0 Å². The minimum Gasteiger partial charge on any atom is -0.507 e. The van der Waals surface area contributed by atoms with E-state index in [9.17, 15) is 5.11 Å². The van der Waals surface area contributed by atoms with Gasteiger partial charge in [-0.2, -0.15) is 0 Å². The molecule has 0 heterocycles. The number of ether oxygens (including phenoxy) is 2. The van der Waals surface area contributed by atoms with E-state index < -0.39 is 0 Å². The van der Waals surface area contributed by atoms with Gasteiger partial charge in [0.2, 0.25) is 0 Å². The number of rotatable bonds is 6. The van der Waals surface area contributed by atoms with Crippen LogP contribution in [0, 0.1) is 0 Å². The van der Waals surface area contributed by atoms with Gasteiger partial charge < -0.3 is 14.6 Å². The quantitative estimate of drug-likeness (QED) is 0.854. The molecule has 112 valence electrons. The topological polar surface area (TPSA) is 38.7 Å². The summed E-state index contributed by atoms with van der Waals surface area (Å²) in [6, 6.07) is 11.5. The number of unbranched alkanes of at least 4 members (excludes halogenated alkanes) is 1. The Hall–Kier alpha value is -2.16. The van der Waals surface area contributed by atoms with Crippen LogP contribution >= 0.6 is 0 Å². The summed E-state index contributed by atoms with van der Waals surface area (Å²) >= 11 is 0. The maximum Gasteiger partial charge on any atom is 0.130 e. The molecule has 21 heavy (non-hydrogen) atoms. The Kier molecular flexibility index (Phi) is 5.09. The van der Waals surface area contributed by atoms with Gasteiger partial charge in [-0.25, -0.2) is 0 Å². The van der Waals surface area contributed by atoms with Gasteiger partial charge in [0.05, 0.1) is 19.8 Å². The average molecular weight is 286 g/mol. The van der Waals surface area contributed by atoms with Crippen LogP contribution in [0.5, 0.6) is 17.2 Å². The molecular formula is C18H22O3. The number of phenols is 1. The van der Waals surface area contributed by atoms with Crippen molar-refractivity contribution in [2.24, 2.45) is 0 Å². The highest BCUT2D eigenvalue weighted by atomic mass is 16.5. The molecule has 0 unspecified atom stereocenters. The van der Waals surface area contributed by atoms with Crippen LogP contribution < -0.4 is 9.47 Å². The summed E-state index contributed by atoms with van der Waals surface area (Å²) in [7, 11) is 3.24. The van der Waals surface area contributed by atoms with E-state index in [2.05, 4.69) is 6.92 Å². The lowest BCUT2D eigenvalue weighted by Crippen LogP contribution is -1.95. The molecule has 0 saturated carbocycles. The molecule has 0 fully saturated rings. The summed E-state index contributed by atoms with van der Waals surface area (Å²) < 4.78 is 10.8. The molecule has 0 atom stereocenters. The third-order valence-electron chi connectivity index (χ3n) is 3.62. The minimum absolute atomic E-state index is 0.285. The van der Waals surface area contributed by atoms with E-state index in [0.29, 0.717) is 11.3 Å². The van der Waals surface area contributed by atoms with Gasteiger partial charge in [-0.3, -0.25) is 0 Å². The number of para-hydroxylation sites is 1. The lowest BCUT2D eigenvalue weighted by Gasteiger charge is -2.16. The van der Waals surface area contributed by atoms with Gasteiger partial charge in [-0.15, -0.1) is 0 Å². The molecule has 1 N–H and O–H groups in total. The Labute approximate surface area is 126 Å². The minimum atomic E-state index is 0.285. The summed E-state index contributed by atoms with van der Waals surface area (Å²) in [5.74, 6) is 1.66. The SMILES string of the molecule is CCCCc1ccc(OC)c(-c2ccccc2OC)c1O. The highest BCUT2D eigenvalue weighted by Gasteiger charge is 2.18. The Morgan fingerprint density at radius 2 is 1.67 bits per heavy atom. The van der Waals surface area contributed by atoms with Gasteiger partial charge in [0, 0.05) is 5.56 Å². The lowest BCUT2D eigenvalue weighted by molar-refractivity contribution is 0.404. The fraction of sp³-hybridized carbons (Fsp3) is 0.333. The molecule has 3 nitrogen and oxygen atoms in total. The molecule has 0 bridgehead atoms. The van der Waals surface area contributed by atoms with Crippen LogP contribution in [0.15, 0.2) is 36.4 Å². The monoisotopic (exact) mass is 286 g/mol.